The Morgan fingerprint density at radius 1 is 0.886 bits per heavy atom. The number of benzene rings is 3. The number of ether oxygens (including phenoxy) is 3. The van der Waals surface area contributed by atoms with E-state index in [2.05, 4.69) is 17.3 Å². The first-order chi connectivity index (χ1) is 17.2. The average molecular weight is 474 g/mol. The molecule has 1 atom stereocenters. The average Bonchev–Trinajstić information content (AvgIpc) is 3.75. The van der Waals surface area contributed by atoms with E-state index < -0.39 is 0 Å². The molecular formula is C29H31NO5. The van der Waals surface area contributed by atoms with Crippen LogP contribution < -0.4 is 9.47 Å². The molecule has 0 saturated heterocycles. The van der Waals surface area contributed by atoms with Crippen LogP contribution in [-0.4, -0.2) is 32.5 Å². The molecule has 1 unspecified atom stereocenters. The molecule has 1 saturated carbocycles. The standard InChI is InChI=1S/C29H31NO5/c1-32-29(31)18-27(22-10-11-22)23-12-16-26(17-13-23)34-19-21-8-14-25(15-9-21)35-20-28(30-33-2)24-6-4-3-5-7-24/h3-9,12-17,22,27H,10-11,18-20H2,1-2H3. The molecular weight excluding hydrogens is 442 g/mol. The maximum atomic E-state index is 11.8. The Morgan fingerprint density at radius 2 is 1.54 bits per heavy atom. The van der Waals surface area contributed by atoms with Gasteiger partial charge in [-0.05, 0) is 60.1 Å². The Hall–Kier alpha value is -3.80. The lowest BCUT2D eigenvalue weighted by Crippen LogP contribution is -2.13. The van der Waals surface area contributed by atoms with Crippen LogP contribution in [0.15, 0.2) is 84.0 Å². The van der Waals surface area contributed by atoms with Crippen LogP contribution in [0.2, 0.25) is 0 Å². The molecule has 0 N–H and O–H groups in total. The minimum absolute atomic E-state index is 0.156. The van der Waals surface area contributed by atoms with Crippen LogP contribution in [-0.2, 0) is 21.0 Å². The number of rotatable bonds is 12. The quantitative estimate of drug-likeness (QED) is 0.190. The van der Waals surface area contributed by atoms with E-state index in [0.29, 0.717) is 25.6 Å². The number of oxime groups is 1. The van der Waals surface area contributed by atoms with Gasteiger partial charge in [-0.3, -0.25) is 4.79 Å². The molecule has 1 aliphatic rings. The van der Waals surface area contributed by atoms with Crippen LogP contribution in [0.3, 0.4) is 0 Å². The zero-order valence-corrected chi connectivity index (χ0v) is 20.2. The lowest BCUT2D eigenvalue weighted by atomic mass is 9.91. The van der Waals surface area contributed by atoms with E-state index in [1.54, 1.807) is 0 Å². The summed E-state index contributed by atoms with van der Waals surface area (Å²) in [6, 6.07) is 25.7. The molecule has 182 valence electrons. The zero-order chi connectivity index (χ0) is 24.5. The van der Waals surface area contributed by atoms with Crippen LogP contribution >= 0.6 is 0 Å². The summed E-state index contributed by atoms with van der Waals surface area (Å²) in [6.07, 6.45) is 2.78. The fourth-order valence-corrected chi connectivity index (χ4v) is 4.03. The Bertz CT molecular complexity index is 1110. The summed E-state index contributed by atoms with van der Waals surface area (Å²) in [5, 5.41) is 4.09. The second kappa shape index (κ2) is 12.1. The smallest absolute Gasteiger partial charge is 0.306 e. The van der Waals surface area contributed by atoms with Crippen LogP contribution in [0.25, 0.3) is 0 Å². The molecule has 0 aromatic heterocycles. The highest BCUT2D eigenvalue weighted by Crippen LogP contribution is 2.44. The van der Waals surface area contributed by atoms with Gasteiger partial charge >= 0.3 is 5.97 Å². The van der Waals surface area contributed by atoms with Crippen molar-refractivity contribution in [1.82, 2.24) is 0 Å². The van der Waals surface area contributed by atoms with Gasteiger partial charge in [0, 0.05) is 5.56 Å². The predicted molar refractivity (Wildman–Crippen MR) is 135 cm³/mol. The third kappa shape index (κ3) is 7.09. The first kappa shape index (κ1) is 24.3. The van der Waals surface area contributed by atoms with Crippen LogP contribution in [0.1, 0.15) is 41.9 Å². The number of hydrogen-bond acceptors (Lipinski definition) is 6. The molecule has 1 aliphatic carbocycles. The Kier molecular flexibility index (Phi) is 8.39. The number of esters is 1. The van der Waals surface area contributed by atoms with Crippen molar-refractivity contribution in [2.45, 2.75) is 31.8 Å². The fraction of sp³-hybridized carbons (Fsp3) is 0.310. The minimum Gasteiger partial charge on any atom is -0.489 e. The van der Waals surface area contributed by atoms with E-state index in [-0.39, 0.29) is 11.9 Å². The van der Waals surface area contributed by atoms with Crippen LogP contribution in [0.5, 0.6) is 11.5 Å². The Morgan fingerprint density at radius 3 is 2.17 bits per heavy atom. The SMILES string of the molecule is CON=C(COc1ccc(COc2ccc(C(CC(=O)OC)C3CC3)cc2)cc1)c1ccccc1. The molecule has 3 aromatic carbocycles. The highest BCUT2D eigenvalue weighted by Gasteiger charge is 2.33. The molecule has 0 spiro atoms. The number of carbonyl (C=O) groups is 1. The summed E-state index contributed by atoms with van der Waals surface area (Å²) in [7, 11) is 2.97. The summed E-state index contributed by atoms with van der Waals surface area (Å²) >= 11 is 0. The summed E-state index contributed by atoms with van der Waals surface area (Å²) in [4.78, 5) is 16.7. The largest absolute Gasteiger partial charge is 0.489 e. The van der Waals surface area contributed by atoms with Gasteiger partial charge in [0.2, 0.25) is 0 Å². The van der Waals surface area contributed by atoms with Crippen molar-refractivity contribution < 1.29 is 23.8 Å². The molecule has 35 heavy (non-hydrogen) atoms. The van der Waals surface area contributed by atoms with Crippen molar-refractivity contribution >= 4 is 11.7 Å². The first-order valence-corrected chi connectivity index (χ1v) is 11.8. The second-order valence-corrected chi connectivity index (χ2v) is 8.60. The minimum atomic E-state index is -0.156. The molecule has 3 aromatic rings. The van der Waals surface area contributed by atoms with Gasteiger partial charge in [-0.25, -0.2) is 0 Å². The Labute approximate surface area is 206 Å². The monoisotopic (exact) mass is 473 g/mol. The molecule has 0 bridgehead atoms. The number of carbonyl (C=O) groups excluding carboxylic acids is 1. The lowest BCUT2D eigenvalue weighted by Gasteiger charge is -2.16. The topological polar surface area (TPSA) is 66.3 Å². The summed E-state index contributed by atoms with van der Waals surface area (Å²) in [5.74, 6) is 2.18. The van der Waals surface area contributed by atoms with Gasteiger partial charge in [0.25, 0.3) is 0 Å². The lowest BCUT2D eigenvalue weighted by molar-refractivity contribution is -0.141. The van der Waals surface area contributed by atoms with Crippen molar-refractivity contribution in [3.63, 3.8) is 0 Å². The maximum absolute atomic E-state index is 11.8. The summed E-state index contributed by atoms with van der Waals surface area (Å²) in [5.41, 5.74) is 3.88. The van der Waals surface area contributed by atoms with Crippen molar-refractivity contribution in [2.24, 2.45) is 11.1 Å². The second-order valence-electron chi connectivity index (χ2n) is 8.60. The number of nitrogens with zero attached hydrogens (tertiary/aromatic N) is 1. The van der Waals surface area contributed by atoms with E-state index >= 15 is 0 Å². The fourth-order valence-electron chi connectivity index (χ4n) is 4.03. The molecule has 6 heteroatoms. The maximum Gasteiger partial charge on any atom is 0.306 e. The zero-order valence-electron chi connectivity index (χ0n) is 20.2. The van der Waals surface area contributed by atoms with Gasteiger partial charge in [0.15, 0.2) is 0 Å². The highest BCUT2D eigenvalue weighted by atomic mass is 16.6. The molecule has 1 fully saturated rings. The van der Waals surface area contributed by atoms with Gasteiger partial charge < -0.3 is 19.0 Å². The molecule has 0 amide bonds. The molecule has 0 heterocycles. The van der Waals surface area contributed by atoms with E-state index in [1.165, 1.54) is 32.6 Å². The highest BCUT2D eigenvalue weighted by molar-refractivity contribution is 6.01. The predicted octanol–water partition coefficient (Wildman–Crippen LogP) is 5.75. The van der Waals surface area contributed by atoms with Gasteiger partial charge in [0.1, 0.15) is 37.5 Å². The third-order valence-corrected chi connectivity index (χ3v) is 6.13. The Balaban J connectivity index is 1.29. The van der Waals surface area contributed by atoms with E-state index in [4.69, 9.17) is 19.0 Å². The van der Waals surface area contributed by atoms with Crippen molar-refractivity contribution in [3.8, 4) is 11.5 Å². The van der Waals surface area contributed by atoms with Crippen LogP contribution in [0.4, 0.5) is 0 Å². The molecule has 6 nitrogen and oxygen atoms in total. The number of hydrogen-bond donors (Lipinski definition) is 0. The van der Waals surface area contributed by atoms with E-state index in [9.17, 15) is 4.79 Å². The van der Waals surface area contributed by atoms with Crippen molar-refractivity contribution in [2.75, 3.05) is 20.8 Å². The molecule has 0 aliphatic heterocycles. The van der Waals surface area contributed by atoms with Gasteiger partial charge in [-0.2, -0.15) is 0 Å². The normalized spacial score (nSPS) is 14.2. The van der Waals surface area contributed by atoms with Crippen molar-refractivity contribution in [3.05, 3.63) is 95.6 Å². The summed E-state index contributed by atoms with van der Waals surface area (Å²) < 4.78 is 16.7. The van der Waals surface area contributed by atoms with E-state index in [1.807, 2.05) is 66.7 Å². The van der Waals surface area contributed by atoms with Crippen molar-refractivity contribution in [1.29, 1.82) is 0 Å². The first-order valence-electron chi connectivity index (χ1n) is 11.8. The summed E-state index contributed by atoms with van der Waals surface area (Å²) in [6.45, 7) is 0.756. The molecule has 0 radical (unpaired) electrons. The number of methoxy groups -OCH3 is 1. The molecule has 4 rings (SSSR count). The van der Waals surface area contributed by atoms with Crippen LogP contribution in [0, 0.1) is 5.92 Å². The van der Waals surface area contributed by atoms with Gasteiger partial charge in [0.05, 0.1) is 13.5 Å². The van der Waals surface area contributed by atoms with Gasteiger partial charge in [-0.1, -0.05) is 59.8 Å². The van der Waals surface area contributed by atoms with E-state index in [0.717, 1.165) is 28.3 Å². The van der Waals surface area contributed by atoms with Gasteiger partial charge in [-0.15, -0.1) is 0 Å². The third-order valence-electron chi connectivity index (χ3n) is 6.13.